The standard InChI is InChI=1S/C9H9ClFN5/c10-7-5-6(1-2-8(7)11)9-13-14-15-16(9)4-3-12/h1-2,5H,3-4,12H2. The number of tetrazole rings is 1. The molecule has 84 valence electrons. The Hall–Kier alpha value is -1.53. The summed E-state index contributed by atoms with van der Waals surface area (Å²) in [5.74, 6) is 0.0515. The largest absolute Gasteiger partial charge is 0.329 e. The van der Waals surface area contributed by atoms with Gasteiger partial charge in [-0.3, -0.25) is 0 Å². The fourth-order valence-electron chi connectivity index (χ4n) is 1.32. The number of nitrogens with two attached hydrogens (primary N) is 1. The maximum absolute atomic E-state index is 13.0. The molecule has 0 aliphatic carbocycles. The number of aromatic nitrogens is 4. The van der Waals surface area contributed by atoms with Gasteiger partial charge in [-0.25, -0.2) is 9.07 Å². The van der Waals surface area contributed by atoms with Gasteiger partial charge < -0.3 is 5.73 Å². The lowest BCUT2D eigenvalue weighted by Crippen LogP contribution is -2.12. The van der Waals surface area contributed by atoms with Crippen molar-refractivity contribution in [3.05, 3.63) is 29.0 Å². The summed E-state index contributed by atoms with van der Waals surface area (Å²) in [7, 11) is 0. The Morgan fingerprint density at radius 2 is 2.25 bits per heavy atom. The molecule has 7 heteroatoms. The Morgan fingerprint density at radius 3 is 2.94 bits per heavy atom. The zero-order valence-electron chi connectivity index (χ0n) is 8.27. The van der Waals surface area contributed by atoms with Crippen LogP contribution in [0.15, 0.2) is 18.2 Å². The van der Waals surface area contributed by atoms with Gasteiger partial charge in [0.1, 0.15) is 5.82 Å². The Morgan fingerprint density at radius 1 is 1.44 bits per heavy atom. The molecule has 0 atom stereocenters. The van der Waals surface area contributed by atoms with E-state index in [2.05, 4.69) is 15.5 Å². The lowest BCUT2D eigenvalue weighted by molar-refractivity contribution is 0.602. The zero-order chi connectivity index (χ0) is 11.5. The van der Waals surface area contributed by atoms with Crippen LogP contribution in [-0.4, -0.2) is 26.8 Å². The van der Waals surface area contributed by atoms with Crippen LogP contribution in [0.2, 0.25) is 5.02 Å². The number of halogens is 2. The van der Waals surface area contributed by atoms with Crippen molar-refractivity contribution in [3.8, 4) is 11.4 Å². The summed E-state index contributed by atoms with van der Waals surface area (Å²) in [6, 6.07) is 4.33. The molecule has 0 amide bonds. The van der Waals surface area contributed by atoms with E-state index in [0.717, 1.165) is 0 Å². The molecule has 1 aromatic heterocycles. The third-order valence-corrected chi connectivity index (χ3v) is 2.34. The predicted molar refractivity (Wildman–Crippen MR) is 57.3 cm³/mol. The van der Waals surface area contributed by atoms with Gasteiger partial charge in [0.05, 0.1) is 11.6 Å². The van der Waals surface area contributed by atoms with Gasteiger partial charge in [0.25, 0.3) is 0 Å². The van der Waals surface area contributed by atoms with Gasteiger partial charge in [-0.05, 0) is 28.6 Å². The van der Waals surface area contributed by atoms with E-state index in [-0.39, 0.29) is 5.02 Å². The lowest BCUT2D eigenvalue weighted by atomic mass is 10.2. The molecule has 0 radical (unpaired) electrons. The second-order valence-electron chi connectivity index (χ2n) is 3.14. The number of hydrogen-bond donors (Lipinski definition) is 1. The van der Waals surface area contributed by atoms with E-state index in [9.17, 15) is 4.39 Å². The van der Waals surface area contributed by atoms with Crippen LogP contribution in [0.4, 0.5) is 4.39 Å². The van der Waals surface area contributed by atoms with Crippen molar-refractivity contribution >= 4 is 11.6 Å². The topological polar surface area (TPSA) is 69.6 Å². The molecule has 2 aromatic rings. The van der Waals surface area contributed by atoms with Crippen LogP contribution in [0.3, 0.4) is 0 Å². The second kappa shape index (κ2) is 4.54. The molecule has 0 bridgehead atoms. The maximum atomic E-state index is 13.0. The van der Waals surface area contributed by atoms with Crippen molar-refractivity contribution in [1.29, 1.82) is 0 Å². The summed E-state index contributed by atoms with van der Waals surface area (Å²) in [5.41, 5.74) is 6.08. The monoisotopic (exact) mass is 241 g/mol. The molecule has 0 spiro atoms. The minimum absolute atomic E-state index is 0.0415. The van der Waals surface area contributed by atoms with E-state index in [1.807, 2.05) is 0 Å². The van der Waals surface area contributed by atoms with Gasteiger partial charge >= 0.3 is 0 Å². The van der Waals surface area contributed by atoms with Crippen LogP contribution in [0, 0.1) is 5.82 Å². The number of rotatable bonds is 3. The molecule has 16 heavy (non-hydrogen) atoms. The van der Waals surface area contributed by atoms with Crippen LogP contribution < -0.4 is 5.73 Å². The second-order valence-corrected chi connectivity index (χ2v) is 3.55. The first kappa shape index (κ1) is 11.0. The van der Waals surface area contributed by atoms with E-state index in [0.29, 0.717) is 24.5 Å². The van der Waals surface area contributed by atoms with Crippen molar-refractivity contribution in [2.24, 2.45) is 5.73 Å². The Bertz CT molecular complexity index is 498. The molecule has 0 aliphatic heterocycles. The van der Waals surface area contributed by atoms with Crippen molar-refractivity contribution < 1.29 is 4.39 Å². The van der Waals surface area contributed by atoms with E-state index in [4.69, 9.17) is 17.3 Å². The highest BCUT2D eigenvalue weighted by atomic mass is 35.5. The Balaban J connectivity index is 2.42. The minimum atomic E-state index is -0.469. The fourth-order valence-corrected chi connectivity index (χ4v) is 1.50. The minimum Gasteiger partial charge on any atom is -0.329 e. The molecule has 0 fully saturated rings. The molecule has 2 rings (SSSR count). The summed E-state index contributed by atoms with van der Waals surface area (Å²) < 4.78 is 14.5. The average Bonchev–Trinajstić information content (AvgIpc) is 2.71. The molecule has 2 N–H and O–H groups in total. The zero-order valence-corrected chi connectivity index (χ0v) is 9.02. The number of nitrogens with zero attached hydrogens (tertiary/aromatic N) is 4. The first-order chi connectivity index (χ1) is 7.72. The lowest BCUT2D eigenvalue weighted by Gasteiger charge is -2.03. The summed E-state index contributed by atoms with van der Waals surface area (Å²) in [5, 5.41) is 11.2. The van der Waals surface area contributed by atoms with Gasteiger partial charge in [-0.1, -0.05) is 11.6 Å². The van der Waals surface area contributed by atoms with Gasteiger partial charge in [0, 0.05) is 12.1 Å². The molecule has 0 saturated heterocycles. The molecule has 1 aromatic carbocycles. The van der Waals surface area contributed by atoms with E-state index in [1.165, 1.54) is 12.1 Å². The highest BCUT2D eigenvalue weighted by Gasteiger charge is 2.10. The van der Waals surface area contributed by atoms with Crippen LogP contribution in [0.5, 0.6) is 0 Å². The fraction of sp³-hybridized carbons (Fsp3) is 0.222. The highest BCUT2D eigenvalue weighted by molar-refractivity contribution is 6.31. The summed E-state index contributed by atoms with van der Waals surface area (Å²) in [6.07, 6.45) is 0. The normalized spacial score (nSPS) is 10.7. The predicted octanol–water partition coefficient (Wildman–Crippen LogP) is 1.09. The van der Waals surface area contributed by atoms with Crippen LogP contribution in [0.1, 0.15) is 0 Å². The van der Waals surface area contributed by atoms with Gasteiger partial charge in [-0.2, -0.15) is 0 Å². The highest BCUT2D eigenvalue weighted by Crippen LogP contribution is 2.22. The first-order valence-corrected chi connectivity index (χ1v) is 5.02. The molecular formula is C9H9ClFN5. The SMILES string of the molecule is NCCn1nnnc1-c1ccc(F)c(Cl)c1. The number of benzene rings is 1. The molecular weight excluding hydrogens is 233 g/mol. The van der Waals surface area contributed by atoms with Gasteiger partial charge in [0.15, 0.2) is 5.82 Å². The summed E-state index contributed by atoms with van der Waals surface area (Å²) >= 11 is 5.68. The van der Waals surface area contributed by atoms with Crippen molar-refractivity contribution in [2.75, 3.05) is 6.54 Å². The van der Waals surface area contributed by atoms with Crippen LogP contribution in [0.25, 0.3) is 11.4 Å². The molecule has 0 aliphatic rings. The Kier molecular flexibility index (Phi) is 3.12. The third-order valence-electron chi connectivity index (χ3n) is 2.05. The van der Waals surface area contributed by atoms with Crippen LogP contribution >= 0.6 is 11.6 Å². The smallest absolute Gasteiger partial charge is 0.182 e. The quantitative estimate of drug-likeness (QED) is 0.873. The van der Waals surface area contributed by atoms with E-state index >= 15 is 0 Å². The first-order valence-electron chi connectivity index (χ1n) is 4.64. The van der Waals surface area contributed by atoms with Crippen molar-refractivity contribution in [2.45, 2.75) is 6.54 Å². The summed E-state index contributed by atoms with van der Waals surface area (Å²) in [6.45, 7) is 0.921. The summed E-state index contributed by atoms with van der Waals surface area (Å²) in [4.78, 5) is 0. The number of hydrogen-bond acceptors (Lipinski definition) is 4. The van der Waals surface area contributed by atoms with E-state index in [1.54, 1.807) is 10.7 Å². The third kappa shape index (κ3) is 2.02. The van der Waals surface area contributed by atoms with Crippen molar-refractivity contribution in [3.63, 3.8) is 0 Å². The molecule has 1 heterocycles. The van der Waals surface area contributed by atoms with Gasteiger partial charge in [-0.15, -0.1) is 5.10 Å². The average molecular weight is 242 g/mol. The molecule has 5 nitrogen and oxygen atoms in total. The van der Waals surface area contributed by atoms with E-state index < -0.39 is 5.82 Å². The van der Waals surface area contributed by atoms with Crippen molar-refractivity contribution in [1.82, 2.24) is 20.2 Å². The Labute approximate surface area is 96.0 Å². The molecule has 0 saturated carbocycles. The maximum Gasteiger partial charge on any atom is 0.182 e. The van der Waals surface area contributed by atoms with Gasteiger partial charge in [0.2, 0.25) is 0 Å². The van der Waals surface area contributed by atoms with Crippen LogP contribution in [-0.2, 0) is 6.54 Å². The molecule has 0 unspecified atom stereocenters.